The molecule has 2 atom stereocenters. The molecule has 0 saturated carbocycles. The normalized spacial score (nSPS) is 19.9. The number of aliphatic hydroxyl groups is 1. The van der Waals surface area contributed by atoms with Crippen molar-refractivity contribution in [1.29, 1.82) is 0 Å². The van der Waals surface area contributed by atoms with Gasteiger partial charge in [-0.2, -0.15) is 0 Å². The van der Waals surface area contributed by atoms with Crippen LogP contribution in [0, 0.1) is 6.92 Å². The molecule has 1 N–H and O–H groups in total. The van der Waals surface area contributed by atoms with Gasteiger partial charge in [-0.1, -0.05) is 36.5 Å². The first-order chi connectivity index (χ1) is 18.8. The van der Waals surface area contributed by atoms with Crippen molar-refractivity contribution in [1.82, 2.24) is 4.98 Å². The molecule has 2 aliphatic heterocycles. The summed E-state index contributed by atoms with van der Waals surface area (Å²) in [7, 11) is 0. The molecule has 0 aliphatic carbocycles. The molecule has 2 aliphatic rings. The number of hydrogen-bond donors (Lipinski definition) is 1. The Bertz CT molecular complexity index is 1640. The molecular formula is C31H28N2O5S. The number of thiazole rings is 1. The van der Waals surface area contributed by atoms with Gasteiger partial charge < -0.3 is 14.6 Å². The van der Waals surface area contributed by atoms with Gasteiger partial charge >= 0.3 is 5.91 Å². The van der Waals surface area contributed by atoms with E-state index >= 15 is 0 Å². The van der Waals surface area contributed by atoms with Gasteiger partial charge in [0.25, 0.3) is 5.78 Å². The van der Waals surface area contributed by atoms with Gasteiger partial charge in [0.1, 0.15) is 23.4 Å². The van der Waals surface area contributed by atoms with Gasteiger partial charge in [-0.3, -0.25) is 14.5 Å². The molecule has 6 rings (SSSR count). The topological polar surface area (TPSA) is 89.0 Å². The highest BCUT2D eigenvalue weighted by Gasteiger charge is 2.48. The number of benzene rings is 3. The van der Waals surface area contributed by atoms with E-state index in [4.69, 9.17) is 14.5 Å². The van der Waals surface area contributed by atoms with E-state index in [1.165, 1.54) is 16.2 Å². The summed E-state index contributed by atoms with van der Waals surface area (Å²) < 4.78 is 12.5. The van der Waals surface area contributed by atoms with Crippen LogP contribution in [0.2, 0.25) is 0 Å². The van der Waals surface area contributed by atoms with E-state index in [-0.39, 0.29) is 17.4 Å². The van der Waals surface area contributed by atoms with Crippen molar-refractivity contribution in [3.05, 3.63) is 88.5 Å². The third-order valence-electron chi connectivity index (χ3n) is 7.02. The average Bonchev–Trinajstić information content (AvgIpc) is 3.59. The van der Waals surface area contributed by atoms with E-state index in [9.17, 15) is 14.7 Å². The second-order valence-electron chi connectivity index (χ2n) is 10.0. The molecule has 0 spiro atoms. The molecule has 198 valence electrons. The molecule has 0 bridgehead atoms. The van der Waals surface area contributed by atoms with E-state index < -0.39 is 17.7 Å². The van der Waals surface area contributed by atoms with Gasteiger partial charge in [0, 0.05) is 12.0 Å². The number of ether oxygens (including phenoxy) is 2. The predicted molar refractivity (Wildman–Crippen MR) is 152 cm³/mol. The largest absolute Gasteiger partial charge is 0.507 e. The standard InChI is InChI=1S/C31H28N2O5S/c1-4-13-37-22-9-6-19(7-10-22)27-26(28(34)20-8-12-24-21(16-20)15-18(3)38-24)29(35)30(36)33(27)31-32-23-11-5-17(2)14-25(23)39-31/h5-12,14,16,18,27,34H,4,13,15H2,1-3H3/t18-,27-/m1/s1. The lowest BCUT2D eigenvalue weighted by molar-refractivity contribution is -0.132. The van der Waals surface area contributed by atoms with Crippen LogP contribution in [-0.4, -0.2) is 34.5 Å². The molecular weight excluding hydrogens is 512 g/mol. The number of carbonyl (C=O) groups excluding carboxylic acids is 2. The highest BCUT2D eigenvalue weighted by Crippen LogP contribution is 2.45. The summed E-state index contributed by atoms with van der Waals surface area (Å²) in [5.41, 5.74) is 3.96. The van der Waals surface area contributed by atoms with Crippen molar-refractivity contribution >= 4 is 44.1 Å². The number of carbonyl (C=O) groups is 2. The Morgan fingerprint density at radius 2 is 1.92 bits per heavy atom. The lowest BCUT2D eigenvalue weighted by Crippen LogP contribution is -2.29. The maximum Gasteiger partial charge on any atom is 0.301 e. The number of Topliss-reactive ketones (excluding diaryl/α,β-unsaturated/α-hetero) is 1. The number of aryl methyl sites for hydroxylation is 1. The van der Waals surface area contributed by atoms with E-state index in [2.05, 4.69) is 0 Å². The van der Waals surface area contributed by atoms with Crippen molar-refractivity contribution in [2.24, 2.45) is 0 Å². The van der Waals surface area contributed by atoms with E-state index in [1.807, 2.05) is 69.3 Å². The number of nitrogens with zero attached hydrogens (tertiary/aromatic N) is 2. The molecule has 0 unspecified atom stereocenters. The van der Waals surface area contributed by atoms with Gasteiger partial charge in [0.15, 0.2) is 5.13 Å². The summed E-state index contributed by atoms with van der Waals surface area (Å²) in [5, 5.41) is 12.0. The minimum atomic E-state index is -0.852. The minimum Gasteiger partial charge on any atom is -0.507 e. The van der Waals surface area contributed by atoms with Crippen LogP contribution in [0.4, 0.5) is 5.13 Å². The number of amides is 1. The Morgan fingerprint density at radius 3 is 2.69 bits per heavy atom. The SMILES string of the molecule is CCCOc1ccc([C@@H]2C(=C(O)c3ccc4c(c3)C[C@@H](C)O4)C(=O)C(=O)N2c2nc3ccc(C)cc3s2)cc1. The second-order valence-corrected chi connectivity index (χ2v) is 11.0. The van der Waals surface area contributed by atoms with Crippen molar-refractivity contribution in [3.63, 3.8) is 0 Å². The number of anilines is 1. The van der Waals surface area contributed by atoms with Crippen molar-refractivity contribution in [2.75, 3.05) is 11.5 Å². The summed E-state index contributed by atoms with van der Waals surface area (Å²) in [6, 6.07) is 17.7. The zero-order valence-electron chi connectivity index (χ0n) is 21.9. The molecule has 1 fully saturated rings. The molecule has 1 saturated heterocycles. The fraction of sp³-hybridized carbons (Fsp3) is 0.258. The van der Waals surface area contributed by atoms with Gasteiger partial charge in [0.05, 0.1) is 28.4 Å². The zero-order valence-corrected chi connectivity index (χ0v) is 22.7. The molecule has 7 nitrogen and oxygen atoms in total. The Hall–Kier alpha value is -4.17. The smallest absolute Gasteiger partial charge is 0.301 e. The van der Waals surface area contributed by atoms with Crippen LogP contribution in [0.15, 0.2) is 66.2 Å². The minimum absolute atomic E-state index is 0.0320. The summed E-state index contributed by atoms with van der Waals surface area (Å²) in [4.78, 5) is 33.3. The van der Waals surface area contributed by atoms with Crippen molar-refractivity contribution < 1.29 is 24.2 Å². The van der Waals surface area contributed by atoms with Crippen LogP contribution in [0.3, 0.4) is 0 Å². The Labute approximate surface area is 230 Å². The quantitative estimate of drug-likeness (QED) is 0.174. The van der Waals surface area contributed by atoms with Crippen LogP contribution in [0.1, 0.15) is 48.6 Å². The first kappa shape index (κ1) is 25.1. The number of hydrogen-bond acceptors (Lipinski definition) is 7. The summed E-state index contributed by atoms with van der Waals surface area (Å²) in [5.74, 6) is -0.221. The summed E-state index contributed by atoms with van der Waals surface area (Å²) in [6.45, 7) is 6.60. The maximum atomic E-state index is 13.6. The molecule has 0 radical (unpaired) electrons. The monoisotopic (exact) mass is 540 g/mol. The lowest BCUT2D eigenvalue weighted by Gasteiger charge is -2.23. The first-order valence-corrected chi connectivity index (χ1v) is 13.9. The average molecular weight is 541 g/mol. The summed E-state index contributed by atoms with van der Waals surface area (Å²) >= 11 is 1.35. The highest BCUT2D eigenvalue weighted by molar-refractivity contribution is 7.22. The maximum absolute atomic E-state index is 13.6. The van der Waals surface area contributed by atoms with Gasteiger partial charge in [-0.05, 0) is 79.4 Å². The second kappa shape index (κ2) is 9.85. The van der Waals surface area contributed by atoms with Crippen LogP contribution in [0.25, 0.3) is 16.0 Å². The van der Waals surface area contributed by atoms with Gasteiger partial charge in [-0.25, -0.2) is 4.98 Å². The van der Waals surface area contributed by atoms with Crippen molar-refractivity contribution in [2.45, 2.75) is 45.8 Å². The highest BCUT2D eigenvalue weighted by atomic mass is 32.1. The number of aliphatic hydroxyl groups excluding tert-OH is 1. The van der Waals surface area contributed by atoms with E-state index in [0.717, 1.165) is 33.5 Å². The Morgan fingerprint density at radius 1 is 1.13 bits per heavy atom. The summed E-state index contributed by atoms with van der Waals surface area (Å²) in [6.07, 6.45) is 1.63. The van der Waals surface area contributed by atoms with Gasteiger partial charge in [0.2, 0.25) is 0 Å². The third-order valence-corrected chi connectivity index (χ3v) is 8.04. The van der Waals surface area contributed by atoms with Gasteiger partial charge in [-0.15, -0.1) is 0 Å². The zero-order chi connectivity index (χ0) is 27.3. The number of rotatable bonds is 6. The molecule has 4 aromatic rings. The molecule has 39 heavy (non-hydrogen) atoms. The van der Waals surface area contributed by atoms with Crippen LogP contribution in [-0.2, 0) is 16.0 Å². The third kappa shape index (κ3) is 4.44. The Kier molecular flexibility index (Phi) is 6.35. The first-order valence-electron chi connectivity index (χ1n) is 13.0. The molecule has 1 amide bonds. The fourth-order valence-electron chi connectivity index (χ4n) is 5.16. The van der Waals surface area contributed by atoms with Crippen LogP contribution in [0.5, 0.6) is 11.5 Å². The number of ketones is 1. The lowest BCUT2D eigenvalue weighted by atomic mass is 9.94. The predicted octanol–water partition coefficient (Wildman–Crippen LogP) is 6.34. The molecule has 3 heterocycles. The number of fused-ring (bicyclic) bond motifs is 2. The fourth-order valence-corrected chi connectivity index (χ4v) is 6.25. The molecule has 1 aromatic heterocycles. The van der Waals surface area contributed by atoms with E-state index in [1.54, 1.807) is 12.1 Å². The number of aromatic nitrogens is 1. The van der Waals surface area contributed by atoms with Crippen LogP contribution >= 0.6 is 11.3 Å². The molecule has 8 heteroatoms. The van der Waals surface area contributed by atoms with Crippen LogP contribution < -0.4 is 14.4 Å². The molecule has 3 aromatic carbocycles. The van der Waals surface area contributed by atoms with E-state index in [0.29, 0.717) is 35.0 Å². The Balaban J connectivity index is 1.49. The van der Waals surface area contributed by atoms with Crippen molar-refractivity contribution in [3.8, 4) is 11.5 Å².